The molecule has 41 heavy (non-hydrogen) atoms. The molecule has 5 aromatic rings. The summed E-state index contributed by atoms with van der Waals surface area (Å²) in [5.41, 5.74) is 4.46. The SMILES string of the molecule is CC(C)(C)[Si](Oc1ccccc1Cc1ccc2c(c1)COB(c1ccccc1)O2)(c1ccccc1)c1ccccc1. The summed E-state index contributed by atoms with van der Waals surface area (Å²) in [4.78, 5) is 0. The van der Waals surface area contributed by atoms with E-state index < -0.39 is 8.32 Å². The molecular weight excluding hydrogens is 519 g/mol. The molecule has 1 heterocycles. The molecule has 0 bridgehead atoms. The van der Waals surface area contributed by atoms with Gasteiger partial charge in [0.15, 0.2) is 0 Å². The van der Waals surface area contributed by atoms with Gasteiger partial charge in [-0.1, -0.05) is 136 Å². The summed E-state index contributed by atoms with van der Waals surface area (Å²) >= 11 is 0. The van der Waals surface area contributed by atoms with Crippen molar-refractivity contribution in [1.82, 2.24) is 0 Å². The van der Waals surface area contributed by atoms with Crippen LogP contribution in [-0.4, -0.2) is 15.4 Å². The molecule has 1 aliphatic rings. The third-order valence-corrected chi connectivity index (χ3v) is 12.8. The van der Waals surface area contributed by atoms with Gasteiger partial charge in [-0.2, -0.15) is 0 Å². The van der Waals surface area contributed by atoms with Gasteiger partial charge in [-0.3, -0.25) is 0 Å². The van der Waals surface area contributed by atoms with Crippen LogP contribution in [0.25, 0.3) is 0 Å². The van der Waals surface area contributed by atoms with Crippen molar-refractivity contribution in [3.63, 3.8) is 0 Å². The highest BCUT2D eigenvalue weighted by Gasteiger charge is 2.52. The maximum atomic E-state index is 7.41. The van der Waals surface area contributed by atoms with E-state index in [0.717, 1.165) is 28.9 Å². The zero-order valence-electron chi connectivity index (χ0n) is 23.9. The van der Waals surface area contributed by atoms with E-state index in [-0.39, 0.29) is 12.2 Å². The van der Waals surface area contributed by atoms with E-state index in [1.807, 2.05) is 30.3 Å². The molecule has 204 valence electrons. The Hall–Kier alpha value is -4.06. The lowest BCUT2D eigenvalue weighted by Crippen LogP contribution is -2.68. The summed E-state index contributed by atoms with van der Waals surface area (Å²) in [6, 6.07) is 46.6. The summed E-state index contributed by atoms with van der Waals surface area (Å²) in [7, 11) is -3.12. The highest BCUT2D eigenvalue weighted by molar-refractivity contribution is 7.00. The van der Waals surface area contributed by atoms with Crippen molar-refractivity contribution in [2.24, 2.45) is 0 Å². The van der Waals surface area contributed by atoms with E-state index in [9.17, 15) is 0 Å². The fourth-order valence-corrected chi connectivity index (χ4v) is 10.3. The van der Waals surface area contributed by atoms with Crippen molar-refractivity contribution in [3.8, 4) is 11.5 Å². The van der Waals surface area contributed by atoms with Crippen LogP contribution in [0.15, 0.2) is 133 Å². The van der Waals surface area contributed by atoms with E-state index >= 15 is 0 Å². The third kappa shape index (κ3) is 5.48. The van der Waals surface area contributed by atoms with Crippen molar-refractivity contribution in [2.45, 2.75) is 38.8 Å². The molecule has 6 rings (SSSR count). The predicted octanol–water partition coefficient (Wildman–Crippen LogP) is 6.52. The lowest BCUT2D eigenvalue weighted by Gasteiger charge is -2.43. The maximum Gasteiger partial charge on any atom is 0.563 e. The Morgan fingerprint density at radius 1 is 0.707 bits per heavy atom. The van der Waals surface area contributed by atoms with Crippen molar-refractivity contribution in [1.29, 1.82) is 0 Å². The first-order valence-electron chi connectivity index (χ1n) is 14.3. The first kappa shape index (κ1) is 27.1. The average molecular weight is 555 g/mol. The fourth-order valence-electron chi connectivity index (χ4n) is 5.84. The van der Waals surface area contributed by atoms with E-state index in [0.29, 0.717) is 6.61 Å². The summed E-state index contributed by atoms with van der Waals surface area (Å²) in [6.07, 6.45) is 0.754. The second-order valence-electron chi connectivity index (χ2n) is 11.7. The average Bonchev–Trinajstić information content (AvgIpc) is 3.01. The minimum Gasteiger partial charge on any atom is -0.534 e. The van der Waals surface area contributed by atoms with Crippen LogP contribution in [0.5, 0.6) is 11.5 Å². The molecule has 0 fully saturated rings. The molecule has 0 saturated carbocycles. The summed E-state index contributed by atoms with van der Waals surface area (Å²) in [6.45, 7) is 7.46. The van der Waals surface area contributed by atoms with Gasteiger partial charge in [0.2, 0.25) is 0 Å². The molecule has 1 aliphatic heterocycles. The van der Waals surface area contributed by atoms with Crippen LogP contribution in [0.2, 0.25) is 5.04 Å². The smallest absolute Gasteiger partial charge is 0.534 e. The number of rotatable bonds is 7. The highest BCUT2D eigenvalue weighted by atomic mass is 28.4. The Morgan fingerprint density at radius 3 is 1.93 bits per heavy atom. The van der Waals surface area contributed by atoms with E-state index in [4.69, 9.17) is 13.7 Å². The Kier molecular flexibility index (Phi) is 7.57. The first-order valence-corrected chi connectivity index (χ1v) is 16.2. The van der Waals surface area contributed by atoms with Crippen LogP contribution < -0.4 is 24.9 Å². The molecule has 0 N–H and O–H groups in total. The lowest BCUT2D eigenvalue weighted by molar-refractivity contribution is 0.238. The zero-order valence-corrected chi connectivity index (χ0v) is 24.9. The van der Waals surface area contributed by atoms with Gasteiger partial charge in [-0.05, 0) is 50.2 Å². The Bertz CT molecular complexity index is 1560. The molecule has 5 heteroatoms. The minimum atomic E-state index is -2.74. The topological polar surface area (TPSA) is 27.7 Å². The monoisotopic (exact) mass is 554 g/mol. The van der Waals surface area contributed by atoms with Crippen molar-refractivity contribution in [3.05, 3.63) is 150 Å². The largest absolute Gasteiger partial charge is 0.563 e. The summed E-state index contributed by atoms with van der Waals surface area (Å²) in [5.74, 6) is 1.82. The number of fused-ring (bicyclic) bond motifs is 1. The van der Waals surface area contributed by atoms with Crippen LogP contribution >= 0.6 is 0 Å². The Morgan fingerprint density at radius 2 is 1.29 bits per heavy atom. The molecule has 0 aliphatic carbocycles. The van der Waals surface area contributed by atoms with Gasteiger partial charge < -0.3 is 13.7 Å². The van der Waals surface area contributed by atoms with E-state index in [1.54, 1.807) is 0 Å². The van der Waals surface area contributed by atoms with Gasteiger partial charge in [0, 0.05) is 12.0 Å². The van der Waals surface area contributed by atoms with Crippen molar-refractivity contribution >= 4 is 31.3 Å². The highest BCUT2D eigenvalue weighted by Crippen LogP contribution is 2.39. The molecule has 5 aromatic carbocycles. The normalized spacial score (nSPS) is 13.3. The summed E-state index contributed by atoms with van der Waals surface area (Å²) < 4.78 is 19.7. The van der Waals surface area contributed by atoms with Crippen LogP contribution in [-0.2, 0) is 17.7 Å². The van der Waals surface area contributed by atoms with Crippen LogP contribution in [0.4, 0.5) is 0 Å². The molecule has 0 saturated heterocycles. The van der Waals surface area contributed by atoms with Crippen molar-refractivity contribution < 1.29 is 13.7 Å². The second-order valence-corrected chi connectivity index (χ2v) is 15.9. The van der Waals surface area contributed by atoms with Crippen molar-refractivity contribution in [2.75, 3.05) is 0 Å². The predicted molar refractivity (Wildman–Crippen MR) is 171 cm³/mol. The number of hydrogen-bond acceptors (Lipinski definition) is 3. The molecular formula is C36H35BO3Si. The van der Waals surface area contributed by atoms with Crippen LogP contribution in [0.3, 0.4) is 0 Å². The first-order chi connectivity index (χ1) is 19.9. The fraction of sp³-hybridized carbons (Fsp3) is 0.167. The standard InChI is InChI=1S/C36H35BO3Si/c1-36(2,3)41(32-18-9-5-10-19-32,33-20-11-6-12-21-33)40-35-22-14-13-15-29(35)25-28-23-24-34-30(26-28)27-38-37(39-34)31-16-7-4-8-17-31/h4-24,26H,25,27H2,1-3H3. The molecule has 0 spiro atoms. The number of hydrogen-bond donors (Lipinski definition) is 0. The van der Waals surface area contributed by atoms with Gasteiger partial charge in [0.25, 0.3) is 0 Å². The van der Waals surface area contributed by atoms with Crippen LogP contribution in [0.1, 0.15) is 37.5 Å². The lowest BCUT2D eigenvalue weighted by atomic mass is 9.78. The van der Waals surface area contributed by atoms with Crippen LogP contribution in [0, 0.1) is 0 Å². The maximum absolute atomic E-state index is 7.41. The minimum absolute atomic E-state index is 0.112. The van der Waals surface area contributed by atoms with E-state index in [2.05, 4.69) is 124 Å². The molecule has 3 nitrogen and oxygen atoms in total. The summed E-state index contributed by atoms with van der Waals surface area (Å²) in [5, 5.41) is 2.42. The number of para-hydroxylation sites is 1. The third-order valence-electron chi connectivity index (χ3n) is 7.87. The zero-order chi connectivity index (χ0) is 28.3. The molecule has 0 amide bonds. The van der Waals surface area contributed by atoms with Gasteiger partial charge in [0.1, 0.15) is 11.5 Å². The Balaban J connectivity index is 1.33. The van der Waals surface area contributed by atoms with E-state index in [1.165, 1.54) is 21.5 Å². The quantitative estimate of drug-likeness (QED) is 0.215. The molecule has 0 aromatic heterocycles. The van der Waals surface area contributed by atoms with Gasteiger partial charge >= 0.3 is 15.4 Å². The second kappa shape index (κ2) is 11.4. The van der Waals surface area contributed by atoms with Gasteiger partial charge in [0.05, 0.1) is 6.61 Å². The number of benzene rings is 5. The van der Waals surface area contributed by atoms with Gasteiger partial charge in [-0.25, -0.2) is 0 Å². The van der Waals surface area contributed by atoms with Gasteiger partial charge in [-0.15, -0.1) is 0 Å². The molecule has 0 unspecified atom stereocenters. The Labute approximate surface area is 245 Å². The molecule has 0 radical (unpaired) electrons. The molecule has 0 atom stereocenters.